The summed E-state index contributed by atoms with van der Waals surface area (Å²) in [5.41, 5.74) is 1.16. The van der Waals surface area contributed by atoms with E-state index in [2.05, 4.69) is 81.4 Å². The van der Waals surface area contributed by atoms with E-state index in [0.29, 0.717) is 37.5 Å². The monoisotopic (exact) mass is 685 g/mol. The number of carbonyl (C=O) groups excluding carboxylic acids is 1. The molecule has 3 atom stereocenters. The van der Waals surface area contributed by atoms with Crippen LogP contribution in [0.4, 0.5) is 0 Å². The minimum absolute atomic E-state index is 0.139. The highest BCUT2D eigenvalue weighted by atomic mass is 28.4. The van der Waals surface area contributed by atoms with Crippen LogP contribution in [0.2, 0.25) is 5.04 Å². The van der Waals surface area contributed by atoms with Crippen molar-refractivity contribution in [2.24, 2.45) is 5.41 Å². The molecule has 0 amide bonds. The summed E-state index contributed by atoms with van der Waals surface area (Å²) >= 11 is 0. The molecule has 9 heteroatoms. The zero-order valence-electron chi connectivity index (χ0n) is 29.9. The average Bonchev–Trinajstić information content (AvgIpc) is 3.56. The Morgan fingerprint density at radius 3 is 2.06 bits per heavy atom. The first-order valence-electron chi connectivity index (χ1n) is 17.2. The maximum atomic E-state index is 12.6. The topological polar surface area (TPSA) is 89.2 Å². The van der Waals surface area contributed by atoms with Gasteiger partial charge in [0.25, 0.3) is 8.32 Å². The van der Waals surface area contributed by atoms with E-state index in [-0.39, 0.29) is 42.5 Å². The van der Waals surface area contributed by atoms with Crippen LogP contribution in [0, 0.1) is 5.41 Å². The molecule has 3 aromatic carbocycles. The van der Waals surface area contributed by atoms with E-state index < -0.39 is 13.7 Å². The molecule has 0 radical (unpaired) electrons. The minimum Gasteiger partial charge on any atom is -0.497 e. The number of hydrogen-bond donors (Lipinski definition) is 0. The van der Waals surface area contributed by atoms with Crippen LogP contribution in [0.1, 0.15) is 84.1 Å². The van der Waals surface area contributed by atoms with Crippen LogP contribution in [0.5, 0.6) is 5.75 Å². The summed E-state index contributed by atoms with van der Waals surface area (Å²) in [6.07, 6.45) is 2.79. The Hall–Kier alpha value is -3.76. The highest BCUT2D eigenvalue weighted by molar-refractivity contribution is 6.99. The molecule has 1 aromatic heterocycles. The van der Waals surface area contributed by atoms with Crippen molar-refractivity contribution >= 4 is 24.7 Å². The Morgan fingerprint density at radius 2 is 1.49 bits per heavy atom. The van der Waals surface area contributed by atoms with Crippen LogP contribution < -0.4 is 15.1 Å². The third kappa shape index (κ3) is 9.08. The highest BCUT2D eigenvalue weighted by Gasteiger charge is 2.52. The maximum absolute atomic E-state index is 12.6. The van der Waals surface area contributed by atoms with Crippen molar-refractivity contribution in [2.75, 3.05) is 13.7 Å². The van der Waals surface area contributed by atoms with Crippen LogP contribution in [0.3, 0.4) is 0 Å². The van der Waals surface area contributed by atoms with Gasteiger partial charge in [-0.15, -0.1) is 0 Å². The van der Waals surface area contributed by atoms with E-state index in [4.69, 9.17) is 32.8 Å². The van der Waals surface area contributed by atoms with Gasteiger partial charge in [0.2, 0.25) is 5.89 Å². The molecule has 49 heavy (non-hydrogen) atoms. The van der Waals surface area contributed by atoms with Gasteiger partial charge in [0.1, 0.15) is 30.4 Å². The van der Waals surface area contributed by atoms with E-state index in [0.717, 1.165) is 11.3 Å². The fourth-order valence-electron chi connectivity index (χ4n) is 6.40. The third-order valence-electron chi connectivity index (χ3n) is 8.96. The first-order chi connectivity index (χ1) is 23.4. The van der Waals surface area contributed by atoms with E-state index >= 15 is 0 Å². The van der Waals surface area contributed by atoms with Gasteiger partial charge in [0.15, 0.2) is 0 Å². The van der Waals surface area contributed by atoms with Crippen LogP contribution in [-0.2, 0) is 36.6 Å². The van der Waals surface area contributed by atoms with E-state index in [9.17, 15) is 4.79 Å². The predicted octanol–water partition coefficient (Wildman–Crippen LogP) is 7.54. The van der Waals surface area contributed by atoms with E-state index in [1.54, 1.807) is 13.4 Å². The number of aromatic nitrogens is 1. The van der Waals surface area contributed by atoms with E-state index in [1.807, 2.05) is 45.0 Å². The average molecular weight is 686 g/mol. The standard InChI is InChI=1S/C40H51NO7Si/c1-39(2,3)38(42)45-23-22-31-24-32(48-49(40(4,5)6,33-14-10-8-11-15-33)34-16-12-9-13-17-34)25-36(47-31)35-27-46-37(41-35)28-44-26-29-18-20-30(43-7)21-19-29/h8-21,27,31-32,36H,22-26,28H2,1-7H3/t31-,32-,36-/m1/s1. The van der Waals surface area contributed by atoms with Gasteiger partial charge in [-0.25, -0.2) is 4.98 Å². The summed E-state index contributed by atoms with van der Waals surface area (Å²) in [5, 5.41) is 2.28. The summed E-state index contributed by atoms with van der Waals surface area (Å²) in [6.45, 7) is 13.4. The number of oxazole rings is 1. The fraction of sp³-hybridized carbons (Fsp3) is 0.450. The van der Waals surface area contributed by atoms with Crippen molar-refractivity contribution in [2.45, 2.75) is 97.4 Å². The Bertz CT molecular complexity index is 1570. The molecule has 8 nitrogen and oxygen atoms in total. The van der Waals surface area contributed by atoms with Gasteiger partial charge in [0, 0.05) is 12.8 Å². The van der Waals surface area contributed by atoms with Crippen molar-refractivity contribution in [1.82, 2.24) is 4.98 Å². The molecule has 2 heterocycles. The molecule has 1 saturated heterocycles. The lowest BCUT2D eigenvalue weighted by Gasteiger charge is -2.47. The number of benzene rings is 3. The zero-order valence-corrected chi connectivity index (χ0v) is 30.9. The lowest BCUT2D eigenvalue weighted by atomic mass is 9.97. The molecular weight excluding hydrogens is 635 g/mol. The van der Waals surface area contributed by atoms with Gasteiger partial charge < -0.3 is 27.8 Å². The second kappa shape index (κ2) is 15.8. The van der Waals surface area contributed by atoms with Crippen LogP contribution in [-0.4, -0.2) is 45.2 Å². The van der Waals surface area contributed by atoms with Gasteiger partial charge in [0.05, 0.1) is 37.9 Å². The summed E-state index contributed by atoms with van der Waals surface area (Å²) in [5.74, 6) is 1.06. The van der Waals surface area contributed by atoms with Crippen molar-refractivity contribution in [3.8, 4) is 5.75 Å². The normalized spacial score (nSPS) is 18.6. The lowest BCUT2D eigenvalue weighted by Crippen LogP contribution is -2.68. The first kappa shape index (κ1) is 36.5. The van der Waals surface area contributed by atoms with Gasteiger partial charge in [-0.05, 0) is 60.3 Å². The molecular formula is C40H51NO7Si. The predicted molar refractivity (Wildman–Crippen MR) is 192 cm³/mol. The molecule has 0 saturated carbocycles. The Morgan fingerprint density at radius 1 is 0.857 bits per heavy atom. The van der Waals surface area contributed by atoms with Gasteiger partial charge >= 0.3 is 5.97 Å². The Kier molecular flexibility index (Phi) is 11.8. The first-order valence-corrected chi connectivity index (χ1v) is 19.1. The van der Waals surface area contributed by atoms with Crippen molar-refractivity contribution < 1.29 is 32.6 Å². The number of ether oxygens (including phenoxy) is 4. The van der Waals surface area contributed by atoms with Gasteiger partial charge in [-0.2, -0.15) is 0 Å². The number of methoxy groups -OCH3 is 1. The molecule has 1 aliphatic rings. The van der Waals surface area contributed by atoms with Gasteiger partial charge in [-0.3, -0.25) is 4.79 Å². The van der Waals surface area contributed by atoms with Gasteiger partial charge in [-0.1, -0.05) is 93.6 Å². The Labute approximate surface area is 292 Å². The van der Waals surface area contributed by atoms with Crippen LogP contribution in [0.15, 0.2) is 95.6 Å². The van der Waals surface area contributed by atoms with Crippen LogP contribution >= 0.6 is 0 Å². The largest absolute Gasteiger partial charge is 0.497 e. The number of esters is 1. The maximum Gasteiger partial charge on any atom is 0.311 e. The lowest BCUT2D eigenvalue weighted by molar-refractivity contribution is -0.155. The second-order valence-electron chi connectivity index (χ2n) is 14.8. The summed E-state index contributed by atoms with van der Waals surface area (Å²) in [6, 6.07) is 29.1. The van der Waals surface area contributed by atoms with Crippen molar-refractivity contribution in [3.05, 3.63) is 108 Å². The third-order valence-corrected chi connectivity index (χ3v) is 14.0. The summed E-state index contributed by atoms with van der Waals surface area (Å²) in [4.78, 5) is 17.4. The second-order valence-corrected chi connectivity index (χ2v) is 19.1. The molecule has 0 bridgehead atoms. The smallest absolute Gasteiger partial charge is 0.311 e. The molecule has 5 rings (SSSR count). The molecule has 1 fully saturated rings. The van der Waals surface area contributed by atoms with Crippen molar-refractivity contribution in [3.63, 3.8) is 0 Å². The summed E-state index contributed by atoms with van der Waals surface area (Å²) < 4.78 is 36.9. The number of carbonyl (C=O) groups is 1. The SMILES string of the molecule is COc1ccc(COCc2nc([C@H]3C[C@H](O[Si](c4ccccc4)(c4ccccc4)C(C)(C)C)C[C@@H](CCOC(=O)C(C)(C)C)O3)co2)cc1. The molecule has 0 spiro atoms. The summed E-state index contributed by atoms with van der Waals surface area (Å²) in [7, 11) is -1.19. The minimum atomic E-state index is -2.83. The molecule has 0 N–H and O–H groups in total. The van der Waals surface area contributed by atoms with Crippen LogP contribution in [0.25, 0.3) is 0 Å². The molecule has 0 unspecified atom stereocenters. The molecule has 262 valence electrons. The van der Waals surface area contributed by atoms with E-state index in [1.165, 1.54) is 10.4 Å². The quantitative estimate of drug-likeness (QED) is 0.105. The fourth-order valence-corrected chi connectivity index (χ4v) is 11.1. The zero-order chi connectivity index (χ0) is 35.1. The Balaban J connectivity index is 1.38. The molecule has 0 aliphatic carbocycles. The number of nitrogens with zero attached hydrogens (tertiary/aromatic N) is 1. The molecule has 4 aromatic rings. The molecule has 1 aliphatic heterocycles. The number of hydrogen-bond acceptors (Lipinski definition) is 8. The van der Waals surface area contributed by atoms with Crippen molar-refractivity contribution in [1.29, 1.82) is 0 Å². The highest BCUT2D eigenvalue weighted by Crippen LogP contribution is 2.41. The number of rotatable bonds is 13.